The van der Waals surface area contributed by atoms with E-state index in [1.165, 1.54) is 95.2 Å². The predicted octanol–water partition coefficient (Wildman–Crippen LogP) is 4.66. The lowest BCUT2D eigenvalue weighted by molar-refractivity contribution is 0.150. The summed E-state index contributed by atoms with van der Waals surface area (Å²) in [5.74, 6) is 0. The summed E-state index contributed by atoms with van der Waals surface area (Å²) < 4.78 is 0. The van der Waals surface area contributed by atoms with Crippen molar-refractivity contribution in [3.63, 3.8) is 0 Å². The van der Waals surface area contributed by atoms with Gasteiger partial charge in [-0.1, -0.05) is 25.0 Å². The zero-order chi connectivity index (χ0) is 16.9. The predicted molar refractivity (Wildman–Crippen MR) is 106 cm³/mol. The second-order valence-electron chi connectivity index (χ2n) is 8.29. The Kier molecular flexibility index (Phi) is 5.94. The lowest BCUT2D eigenvalue weighted by Gasteiger charge is -2.34. The number of benzene rings is 1. The number of likely N-dealkylation sites (tertiary alicyclic amines) is 1. The Morgan fingerprint density at radius 3 is 2.48 bits per heavy atom. The van der Waals surface area contributed by atoms with Crippen molar-refractivity contribution in [2.75, 3.05) is 38.0 Å². The second kappa shape index (κ2) is 8.55. The zero-order valence-electron chi connectivity index (χ0n) is 15.8. The Morgan fingerprint density at radius 2 is 1.64 bits per heavy atom. The van der Waals surface area contributed by atoms with Gasteiger partial charge in [-0.15, -0.1) is 0 Å². The van der Waals surface area contributed by atoms with Gasteiger partial charge in [-0.3, -0.25) is 4.90 Å². The van der Waals surface area contributed by atoms with E-state index in [0.717, 1.165) is 12.6 Å². The molecule has 3 aliphatic heterocycles. The molecule has 3 saturated heterocycles. The summed E-state index contributed by atoms with van der Waals surface area (Å²) in [7, 11) is 0. The number of nitrogens with zero attached hydrogens (tertiary/aromatic N) is 2. The molecule has 3 fully saturated rings. The zero-order valence-corrected chi connectivity index (χ0v) is 15.8. The number of rotatable bonds is 6. The van der Waals surface area contributed by atoms with E-state index in [1.807, 2.05) is 0 Å². The van der Waals surface area contributed by atoms with Crippen LogP contribution in [0.2, 0.25) is 0 Å². The van der Waals surface area contributed by atoms with Crippen molar-refractivity contribution >= 4 is 5.69 Å². The molecule has 0 aromatic heterocycles. The summed E-state index contributed by atoms with van der Waals surface area (Å²) in [4.78, 5) is 5.41. The first kappa shape index (κ1) is 17.4. The van der Waals surface area contributed by atoms with Gasteiger partial charge in [-0.25, -0.2) is 0 Å². The first-order valence-electron chi connectivity index (χ1n) is 10.7. The normalized spacial score (nSPS) is 28.0. The first-order chi connectivity index (χ1) is 12.4. The third kappa shape index (κ3) is 4.38. The van der Waals surface area contributed by atoms with Crippen molar-refractivity contribution in [1.29, 1.82) is 0 Å². The van der Waals surface area contributed by atoms with Gasteiger partial charge < -0.3 is 10.2 Å². The summed E-state index contributed by atoms with van der Waals surface area (Å²) >= 11 is 0. The number of nitrogens with one attached hydrogen (secondary N) is 1. The molecule has 0 bridgehead atoms. The third-order valence-corrected chi connectivity index (χ3v) is 6.57. The summed E-state index contributed by atoms with van der Waals surface area (Å²) in [5, 5.41) is 3.62. The fraction of sp³-hybridized carbons (Fsp3) is 0.727. The van der Waals surface area contributed by atoms with E-state index in [0.29, 0.717) is 6.04 Å². The van der Waals surface area contributed by atoms with Crippen LogP contribution in [-0.2, 0) is 0 Å². The molecule has 1 aromatic carbocycles. The fourth-order valence-corrected chi connectivity index (χ4v) is 5.16. The third-order valence-electron chi connectivity index (χ3n) is 6.57. The minimum absolute atomic E-state index is 0.679. The smallest absolute Gasteiger partial charge is 0.0351 e. The molecule has 2 unspecified atom stereocenters. The molecule has 0 spiro atoms. The largest absolute Gasteiger partial charge is 0.385 e. The van der Waals surface area contributed by atoms with E-state index in [-0.39, 0.29) is 0 Å². The van der Waals surface area contributed by atoms with E-state index in [2.05, 4.69) is 39.4 Å². The number of fused-ring (bicyclic) bond motifs is 1. The number of hydrogen-bond donors (Lipinski definition) is 1. The van der Waals surface area contributed by atoms with Crippen LogP contribution in [0.25, 0.3) is 0 Å². The van der Waals surface area contributed by atoms with Gasteiger partial charge in [-0.05, 0) is 88.8 Å². The Labute approximate surface area is 153 Å². The molecular weight excluding hydrogens is 306 g/mol. The maximum Gasteiger partial charge on any atom is 0.0351 e. The maximum atomic E-state index is 3.62. The van der Waals surface area contributed by atoms with Crippen molar-refractivity contribution in [3.8, 4) is 0 Å². The van der Waals surface area contributed by atoms with Crippen molar-refractivity contribution in [2.24, 2.45) is 0 Å². The van der Waals surface area contributed by atoms with E-state index >= 15 is 0 Å². The van der Waals surface area contributed by atoms with Crippen LogP contribution < -0.4 is 5.32 Å². The van der Waals surface area contributed by atoms with Gasteiger partial charge in [0.05, 0.1) is 0 Å². The molecule has 1 N–H and O–H groups in total. The Bertz CT molecular complexity index is 521. The highest BCUT2D eigenvalue weighted by atomic mass is 15.2. The minimum atomic E-state index is 0.679. The van der Waals surface area contributed by atoms with Crippen molar-refractivity contribution < 1.29 is 0 Å². The number of anilines is 1. The van der Waals surface area contributed by atoms with Crippen LogP contribution in [0.3, 0.4) is 0 Å². The van der Waals surface area contributed by atoms with Crippen molar-refractivity contribution in [1.82, 2.24) is 9.80 Å². The quantitative estimate of drug-likeness (QED) is 0.759. The highest BCUT2D eigenvalue weighted by Gasteiger charge is 2.35. The summed E-state index contributed by atoms with van der Waals surface area (Å²) in [6, 6.07) is 10.9. The molecule has 2 atom stereocenters. The van der Waals surface area contributed by atoms with Crippen LogP contribution in [0, 0.1) is 0 Å². The second-order valence-corrected chi connectivity index (χ2v) is 8.29. The highest BCUT2D eigenvalue weighted by molar-refractivity contribution is 5.45. The Hall–Kier alpha value is -1.06. The van der Waals surface area contributed by atoms with Crippen molar-refractivity contribution in [2.45, 2.75) is 69.9 Å². The van der Waals surface area contributed by atoms with Gasteiger partial charge in [0.25, 0.3) is 0 Å². The van der Waals surface area contributed by atoms with Gasteiger partial charge in [-0.2, -0.15) is 0 Å². The Balaban J connectivity index is 1.23. The molecule has 1 aromatic rings. The van der Waals surface area contributed by atoms with Crippen molar-refractivity contribution in [3.05, 3.63) is 29.8 Å². The standard InChI is InChI=1S/C22H35N3/c1-3-15-24(16-4-1)17-6-14-23-20-10-8-19(9-11-20)22-13-12-21-7-2-5-18-25(21)22/h8-11,21-23H,1-7,12-18H2. The van der Waals surface area contributed by atoms with Crippen LogP contribution in [0.5, 0.6) is 0 Å². The van der Waals surface area contributed by atoms with E-state index in [1.54, 1.807) is 0 Å². The molecule has 3 heterocycles. The molecule has 4 rings (SSSR count). The minimum Gasteiger partial charge on any atom is -0.385 e. The summed E-state index contributed by atoms with van der Waals surface area (Å²) in [6.45, 7) is 6.28. The maximum absolute atomic E-state index is 3.62. The molecule has 0 amide bonds. The van der Waals surface area contributed by atoms with Crippen LogP contribution in [0.4, 0.5) is 5.69 Å². The van der Waals surface area contributed by atoms with E-state index < -0.39 is 0 Å². The first-order valence-corrected chi connectivity index (χ1v) is 10.7. The van der Waals surface area contributed by atoms with Gasteiger partial charge in [0.1, 0.15) is 0 Å². The van der Waals surface area contributed by atoms with Gasteiger partial charge in [0, 0.05) is 24.3 Å². The number of hydrogen-bond acceptors (Lipinski definition) is 3. The molecule has 138 valence electrons. The molecular formula is C22H35N3. The Morgan fingerprint density at radius 1 is 0.840 bits per heavy atom. The number of piperidine rings is 2. The molecule has 0 aliphatic carbocycles. The lowest BCUT2D eigenvalue weighted by Crippen LogP contribution is -2.35. The molecule has 3 heteroatoms. The van der Waals surface area contributed by atoms with E-state index in [4.69, 9.17) is 0 Å². The average Bonchev–Trinajstić information content (AvgIpc) is 3.11. The lowest BCUT2D eigenvalue weighted by atomic mass is 10.0. The highest BCUT2D eigenvalue weighted by Crippen LogP contribution is 2.40. The van der Waals surface area contributed by atoms with Crippen LogP contribution in [0.1, 0.15) is 69.4 Å². The average molecular weight is 342 g/mol. The van der Waals surface area contributed by atoms with Gasteiger partial charge in [0.2, 0.25) is 0 Å². The molecule has 0 radical (unpaired) electrons. The monoisotopic (exact) mass is 341 g/mol. The summed E-state index contributed by atoms with van der Waals surface area (Å²) in [5.41, 5.74) is 2.82. The molecule has 3 nitrogen and oxygen atoms in total. The molecule has 25 heavy (non-hydrogen) atoms. The van der Waals surface area contributed by atoms with Crippen LogP contribution >= 0.6 is 0 Å². The van der Waals surface area contributed by atoms with Crippen LogP contribution in [0.15, 0.2) is 24.3 Å². The fourth-order valence-electron chi connectivity index (χ4n) is 5.16. The topological polar surface area (TPSA) is 18.5 Å². The molecule has 0 saturated carbocycles. The molecule has 3 aliphatic rings. The van der Waals surface area contributed by atoms with Crippen LogP contribution in [-0.4, -0.2) is 48.6 Å². The van der Waals surface area contributed by atoms with Gasteiger partial charge in [0.15, 0.2) is 0 Å². The SMILES string of the molecule is c1cc(C2CCC3CCCCN32)ccc1NCCCN1CCCCC1. The van der Waals surface area contributed by atoms with E-state index in [9.17, 15) is 0 Å². The summed E-state index contributed by atoms with van der Waals surface area (Å²) in [6.07, 6.45) is 12.5. The van der Waals surface area contributed by atoms with Gasteiger partial charge >= 0.3 is 0 Å².